The van der Waals surface area contributed by atoms with Crippen molar-refractivity contribution in [3.05, 3.63) is 0 Å². The van der Waals surface area contributed by atoms with Crippen LogP contribution in [0.25, 0.3) is 0 Å². The summed E-state index contributed by atoms with van der Waals surface area (Å²) in [5.74, 6) is 0.211. The molecule has 0 radical (unpaired) electrons. The predicted molar refractivity (Wildman–Crippen MR) is 80.5 cm³/mol. The summed E-state index contributed by atoms with van der Waals surface area (Å²) in [6, 6.07) is 0. The van der Waals surface area contributed by atoms with Crippen LogP contribution in [0.15, 0.2) is 0 Å². The molecule has 3 heterocycles. The van der Waals surface area contributed by atoms with E-state index in [2.05, 4.69) is 20.4 Å². The Labute approximate surface area is 127 Å². The Morgan fingerprint density at radius 2 is 2.10 bits per heavy atom. The van der Waals surface area contributed by atoms with Crippen LogP contribution in [0.2, 0.25) is 0 Å². The maximum atomic E-state index is 11.8. The number of hydrogen-bond acceptors (Lipinski definition) is 6. The largest absolute Gasteiger partial charge is 0.359 e. The van der Waals surface area contributed by atoms with Gasteiger partial charge in [-0.2, -0.15) is 0 Å². The van der Waals surface area contributed by atoms with E-state index in [0.29, 0.717) is 18.1 Å². The SMILES string of the molecule is CNC(=O)C1CCCN(c2nnc(N3CCCC3=O)s2)C1. The molecule has 2 fully saturated rings. The highest BCUT2D eigenvalue weighted by Gasteiger charge is 2.29. The van der Waals surface area contributed by atoms with Gasteiger partial charge < -0.3 is 10.2 Å². The number of carbonyl (C=O) groups excluding carboxylic acids is 2. The van der Waals surface area contributed by atoms with Crippen molar-refractivity contribution >= 4 is 33.4 Å². The molecule has 1 N–H and O–H groups in total. The minimum Gasteiger partial charge on any atom is -0.359 e. The normalized spacial score (nSPS) is 22.7. The summed E-state index contributed by atoms with van der Waals surface area (Å²) in [4.78, 5) is 27.3. The van der Waals surface area contributed by atoms with Crippen molar-refractivity contribution in [2.24, 2.45) is 5.92 Å². The van der Waals surface area contributed by atoms with Crippen LogP contribution in [-0.4, -0.2) is 48.7 Å². The maximum absolute atomic E-state index is 11.8. The lowest BCUT2D eigenvalue weighted by atomic mass is 9.98. The number of anilines is 2. The lowest BCUT2D eigenvalue weighted by Crippen LogP contribution is -2.42. The second-order valence-electron chi connectivity index (χ2n) is 5.42. The Morgan fingerprint density at radius 1 is 1.29 bits per heavy atom. The van der Waals surface area contributed by atoms with E-state index >= 15 is 0 Å². The Hall–Kier alpha value is -1.70. The van der Waals surface area contributed by atoms with E-state index in [-0.39, 0.29) is 17.7 Å². The number of hydrogen-bond donors (Lipinski definition) is 1. The minimum atomic E-state index is 0.00418. The maximum Gasteiger partial charge on any atom is 0.228 e. The molecule has 0 saturated carbocycles. The zero-order valence-electron chi connectivity index (χ0n) is 12.0. The molecule has 0 bridgehead atoms. The smallest absolute Gasteiger partial charge is 0.228 e. The molecule has 0 spiro atoms. The van der Waals surface area contributed by atoms with Gasteiger partial charge in [0.05, 0.1) is 5.92 Å². The van der Waals surface area contributed by atoms with Crippen LogP contribution in [0.5, 0.6) is 0 Å². The third-order valence-corrected chi connectivity index (χ3v) is 5.02. The average molecular weight is 309 g/mol. The van der Waals surface area contributed by atoms with Gasteiger partial charge in [-0.25, -0.2) is 0 Å². The number of amides is 2. The van der Waals surface area contributed by atoms with Crippen LogP contribution < -0.4 is 15.1 Å². The molecule has 1 aromatic rings. The first kappa shape index (κ1) is 14.2. The molecule has 1 atom stereocenters. The zero-order valence-corrected chi connectivity index (χ0v) is 12.9. The number of rotatable bonds is 3. The quantitative estimate of drug-likeness (QED) is 0.886. The van der Waals surface area contributed by atoms with Crippen LogP contribution in [0, 0.1) is 5.92 Å². The van der Waals surface area contributed by atoms with Crippen LogP contribution in [0.4, 0.5) is 10.3 Å². The van der Waals surface area contributed by atoms with Crippen molar-refractivity contribution in [3.8, 4) is 0 Å². The fourth-order valence-electron chi connectivity index (χ4n) is 2.86. The Morgan fingerprint density at radius 3 is 2.81 bits per heavy atom. The molecule has 3 rings (SSSR count). The summed E-state index contributed by atoms with van der Waals surface area (Å²) in [5.41, 5.74) is 0. The van der Waals surface area contributed by atoms with Crippen molar-refractivity contribution in [1.29, 1.82) is 0 Å². The first-order valence-corrected chi connectivity index (χ1v) is 8.11. The van der Waals surface area contributed by atoms with Gasteiger partial charge in [0.2, 0.25) is 22.1 Å². The molecule has 2 saturated heterocycles. The molecule has 7 nitrogen and oxygen atoms in total. The van der Waals surface area contributed by atoms with Crippen molar-refractivity contribution in [3.63, 3.8) is 0 Å². The Balaban J connectivity index is 1.71. The number of nitrogens with one attached hydrogen (secondary N) is 1. The van der Waals surface area contributed by atoms with Gasteiger partial charge in [-0.15, -0.1) is 10.2 Å². The summed E-state index contributed by atoms with van der Waals surface area (Å²) in [6.45, 7) is 2.28. The standard InChI is InChI=1S/C13H19N5O2S/c1-14-11(20)9-4-2-6-17(8-9)12-15-16-13(21-12)18-7-3-5-10(18)19/h9H,2-8H2,1H3,(H,14,20). The van der Waals surface area contributed by atoms with Crippen molar-refractivity contribution in [2.45, 2.75) is 25.7 Å². The summed E-state index contributed by atoms with van der Waals surface area (Å²) in [5, 5.41) is 12.5. The molecule has 8 heteroatoms. The van der Waals surface area contributed by atoms with E-state index < -0.39 is 0 Å². The molecule has 1 aromatic heterocycles. The second-order valence-corrected chi connectivity index (χ2v) is 6.35. The molecule has 2 aliphatic heterocycles. The van der Waals surface area contributed by atoms with E-state index in [1.54, 1.807) is 11.9 Å². The first-order chi connectivity index (χ1) is 10.2. The van der Waals surface area contributed by atoms with E-state index in [9.17, 15) is 9.59 Å². The third kappa shape index (κ3) is 2.85. The Kier molecular flexibility index (Phi) is 4.05. The molecule has 21 heavy (non-hydrogen) atoms. The first-order valence-electron chi connectivity index (χ1n) is 7.29. The Bertz CT molecular complexity index is 546. The monoisotopic (exact) mass is 309 g/mol. The van der Waals surface area contributed by atoms with Gasteiger partial charge in [-0.05, 0) is 19.3 Å². The van der Waals surface area contributed by atoms with E-state index in [4.69, 9.17) is 0 Å². The highest BCUT2D eigenvalue weighted by Crippen LogP contribution is 2.32. The third-order valence-electron chi connectivity index (χ3n) is 4.02. The average Bonchev–Trinajstić information content (AvgIpc) is 3.15. The van der Waals surface area contributed by atoms with Gasteiger partial charge >= 0.3 is 0 Å². The van der Waals surface area contributed by atoms with E-state index in [0.717, 1.165) is 37.5 Å². The minimum absolute atomic E-state index is 0.00418. The fraction of sp³-hybridized carbons (Fsp3) is 0.692. The van der Waals surface area contributed by atoms with Gasteiger partial charge in [0.25, 0.3) is 0 Å². The highest BCUT2D eigenvalue weighted by atomic mass is 32.1. The summed E-state index contributed by atoms with van der Waals surface area (Å²) < 4.78 is 0. The topological polar surface area (TPSA) is 78.4 Å². The summed E-state index contributed by atoms with van der Waals surface area (Å²) >= 11 is 1.44. The lowest BCUT2D eigenvalue weighted by molar-refractivity contribution is -0.124. The van der Waals surface area contributed by atoms with Gasteiger partial charge in [0, 0.05) is 33.1 Å². The van der Waals surface area contributed by atoms with E-state index in [1.807, 2.05) is 0 Å². The molecule has 0 aromatic carbocycles. The molecule has 1 unspecified atom stereocenters. The molecule has 2 amide bonds. The summed E-state index contributed by atoms with van der Waals surface area (Å²) in [7, 11) is 1.67. The highest BCUT2D eigenvalue weighted by molar-refractivity contribution is 7.19. The number of aromatic nitrogens is 2. The van der Waals surface area contributed by atoms with Gasteiger partial charge in [0.1, 0.15) is 0 Å². The van der Waals surface area contributed by atoms with Crippen molar-refractivity contribution in [1.82, 2.24) is 15.5 Å². The number of carbonyl (C=O) groups is 2. The number of piperidine rings is 1. The molecule has 114 valence electrons. The van der Waals surface area contributed by atoms with Gasteiger partial charge in [-0.3, -0.25) is 14.5 Å². The van der Waals surface area contributed by atoms with Crippen LogP contribution in [-0.2, 0) is 9.59 Å². The van der Waals surface area contributed by atoms with Crippen molar-refractivity contribution < 1.29 is 9.59 Å². The van der Waals surface area contributed by atoms with Crippen LogP contribution in [0.1, 0.15) is 25.7 Å². The van der Waals surface area contributed by atoms with Crippen LogP contribution in [0.3, 0.4) is 0 Å². The molecule has 2 aliphatic rings. The van der Waals surface area contributed by atoms with E-state index in [1.165, 1.54) is 11.3 Å². The second kappa shape index (κ2) is 5.97. The van der Waals surface area contributed by atoms with Crippen molar-refractivity contribution in [2.75, 3.05) is 36.5 Å². The predicted octanol–water partition coefficient (Wildman–Crippen LogP) is 0.627. The molecular weight excluding hydrogens is 290 g/mol. The molecule has 0 aliphatic carbocycles. The zero-order chi connectivity index (χ0) is 14.8. The van der Waals surface area contributed by atoms with Crippen LogP contribution >= 0.6 is 11.3 Å². The van der Waals surface area contributed by atoms with Gasteiger partial charge in [-0.1, -0.05) is 11.3 Å². The number of nitrogens with zero attached hydrogens (tertiary/aromatic N) is 4. The van der Waals surface area contributed by atoms with Gasteiger partial charge in [0.15, 0.2) is 0 Å². The fourth-order valence-corrected chi connectivity index (χ4v) is 3.79. The lowest BCUT2D eigenvalue weighted by Gasteiger charge is -2.31. The molecular formula is C13H19N5O2S. The summed E-state index contributed by atoms with van der Waals surface area (Å²) in [6.07, 6.45) is 3.36.